The van der Waals surface area contributed by atoms with E-state index in [0.29, 0.717) is 38.8 Å². The van der Waals surface area contributed by atoms with Crippen LogP contribution < -0.4 is 5.32 Å². The Hall–Kier alpha value is -1.11. The zero-order chi connectivity index (χ0) is 23.7. The van der Waals surface area contributed by atoms with Gasteiger partial charge in [0.2, 0.25) is 11.8 Å². The average molecular weight is 536 g/mol. The Kier molecular flexibility index (Phi) is 11.5. The second kappa shape index (κ2) is 13.6. The van der Waals surface area contributed by atoms with Crippen LogP contribution in [0.15, 0.2) is 36.4 Å². The number of carbonyl (C=O) groups is 2. The standard InChI is InChI=1S/C23H26Cl4N2O2S/c1-3-10-28-23(31)21(4-2)29(12-15-8-9-16(24)11-20(15)27)22(30)14-32-13-17-18(25)6-5-7-19(17)26/h5-9,11,21H,3-4,10,12-14H2,1-2H3,(H,28,31)/t21-/m0/s1. The van der Waals surface area contributed by atoms with Crippen LogP contribution in [0.1, 0.15) is 37.8 Å². The number of hydrogen-bond acceptors (Lipinski definition) is 3. The summed E-state index contributed by atoms with van der Waals surface area (Å²) < 4.78 is 0. The maximum absolute atomic E-state index is 13.3. The molecule has 2 aromatic carbocycles. The molecule has 32 heavy (non-hydrogen) atoms. The van der Waals surface area contributed by atoms with Gasteiger partial charge in [0, 0.05) is 38.9 Å². The number of benzene rings is 2. The molecule has 0 unspecified atom stereocenters. The lowest BCUT2D eigenvalue weighted by molar-refractivity contribution is -0.139. The van der Waals surface area contributed by atoms with Gasteiger partial charge in [-0.05, 0) is 48.2 Å². The van der Waals surface area contributed by atoms with Crippen LogP contribution in [-0.4, -0.2) is 35.1 Å². The van der Waals surface area contributed by atoms with Crippen LogP contribution >= 0.6 is 58.2 Å². The minimum atomic E-state index is -0.606. The Bertz CT molecular complexity index is 922. The molecule has 174 valence electrons. The molecule has 0 radical (unpaired) electrons. The summed E-state index contributed by atoms with van der Waals surface area (Å²) in [6.45, 7) is 4.63. The van der Waals surface area contributed by atoms with Crippen molar-refractivity contribution in [1.82, 2.24) is 10.2 Å². The first-order valence-corrected chi connectivity index (χ1v) is 13.0. The fourth-order valence-electron chi connectivity index (χ4n) is 3.11. The van der Waals surface area contributed by atoms with E-state index in [9.17, 15) is 9.59 Å². The molecule has 0 aliphatic rings. The average Bonchev–Trinajstić information content (AvgIpc) is 2.75. The zero-order valence-corrected chi connectivity index (χ0v) is 21.8. The number of amides is 2. The second-order valence-corrected chi connectivity index (χ2v) is 9.81. The molecule has 9 heteroatoms. The molecule has 0 saturated carbocycles. The first-order valence-electron chi connectivity index (χ1n) is 10.3. The van der Waals surface area contributed by atoms with Crippen LogP contribution in [0, 0.1) is 0 Å². The third-order valence-electron chi connectivity index (χ3n) is 4.82. The SMILES string of the molecule is CCCNC(=O)[C@H](CC)N(Cc1ccc(Cl)cc1Cl)C(=O)CSCc1c(Cl)cccc1Cl. The molecule has 1 N–H and O–H groups in total. The maximum atomic E-state index is 13.3. The Morgan fingerprint density at radius 3 is 2.31 bits per heavy atom. The first kappa shape index (κ1) is 27.1. The third kappa shape index (κ3) is 7.74. The number of nitrogens with one attached hydrogen (secondary N) is 1. The van der Waals surface area contributed by atoms with Crippen molar-refractivity contribution in [2.75, 3.05) is 12.3 Å². The summed E-state index contributed by atoms with van der Waals surface area (Å²) >= 11 is 26.2. The lowest BCUT2D eigenvalue weighted by Crippen LogP contribution is -2.49. The van der Waals surface area contributed by atoms with E-state index in [-0.39, 0.29) is 24.1 Å². The van der Waals surface area contributed by atoms with E-state index in [1.54, 1.807) is 41.3 Å². The van der Waals surface area contributed by atoms with Gasteiger partial charge in [-0.15, -0.1) is 11.8 Å². The van der Waals surface area contributed by atoms with Gasteiger partial charge in [0.1, 0.15) is 6.04 Å². The van der Waals surface area contributed by atoms with Crippen molar-refractivity contribution in [2.45, 2.75) is 45.0 Å². The molecule has 0 saturated heterocycles. The monoisotopic (exact) mass is 534 g/mol. The molecule has 2 aromatic rings. The summed E-state index contributed by atoms with van der Waals surface area (Å²) in [5.41, 5.74) is 1.51. The molecule has 4 nitrogen and oxygen atoms in total. The van der Waals surface area contributed by atoms with Gasteiger partial charge in [0.15, 0.2) is 0 Å². The van der Waals surface area contributed by atoms with Crippen LogP contribution in [0.3, 0.4) is 0 Å². The molecule has 2 rings (SSSR count). The number of rotatable bonds is 11. The van der Waals surface area contributed by atoms with Crippen molar-refractivity contribution >= 4 is 70.0 Å². The summed E-state index contributed by atoms with van der Waals surface area (Å²) in [7, 11) is 0. The maximum Gasteiger partial charge on any atom is 0.242 e. The van der Waals surface area contributed by atoms with Gasteiger partial charge in [-0.3, -0.25) is 9.59 Å². The van der Waals surface area contributed by atoms with Gasteiger partial charge >= 0.3 is 0 Å². The molecule has 0 fully saturated rings. The van der Waals surface area contributed by atoms with Gasteiger partial charge in [0.25, 0.3) is 0 Å². The minimum Gasteiger partial charge on any atom is -0.354 e. The van der Waals surface area contributed by atoms with E-state index in [4.69, 9.17) is 46.4 Å². The molecule has 0 aromatic heterocycles. The molecule has 2 amide bonds. The van der Waals surface area contributed by atoms with Crippen LogP contribution in [0.5, 0.6) is 0 Å². The topological polar surface area (TPSA) is 49.4 Å². The van der Waals surface area contributed by atoms with Crippen molar-refractivity contribution in [2.24, 2.45) is 0 Å². The molecule has 0 bridgehead atoms. The normalized spacial score (nSPS) is 11.8. The van der Waals surface area contributed by atoms with E-state index in [2.05, 4.69) is 5.32 Å². The van der Waals surface area contributed by atoms with Crippen molar-refractivity contribution in [1.29, 1.82) is 0 Å². The summed E-state index contributed by atoms with van der Waals surface area (Å²) in [5, 5.41) is 4.99. The first-order chi connectivity index (χ1) is 15.3. The van der Waals surface area contributed by atoms with Gasteiger partial charge in [0.05, 0.1) is 5.75 Å². The molecular formula is C23H26Cl4N2O2S. The predicted octanol–water partition coefficient (Wildman–Crippen LogP) is 6.87. The Morgan fingerprint density at radius 2 is 1.72 bits per heavy atom. The van der Waals surface area contributed by atoms with Crippen molar-refractivity contribution in [3.05, 3.63) is 67.6 Å². The molecule has 1 atom stereocenters. The molecule has 0 aliphatic heterocycles. The second-order valence-electron chi connectivity index (χ2n) is 7.17. The van der Waals surface area contributed by atoms with E-state index >= 15 is 0 Å². The highest BCUT2D eigenvalue weighted by Gasteiger charge is 2.29. The number of nitrogens with zero attached hydrogens (tertiary/aromatic N) is 1. The van der Waals surface area contributed by atoms with Gasteiger partial charge < -0.3 is 10.2 Å². The lowest BCUT2D eigenvalue weighted by atomic mass is 10.1. The third-order valence-corrected chi connectivity index (χ3v) is 7.06. The van der Waals surface area contributed by atoms with Gasteiger partial charge in [-0.2, -0.15) is 0 Å². The molecule has 0 spiro atoms. The highest BCUT2D eigenvalue weighted by molar-refractivity contribution is 7.99. The van der Waals surface area contributed by atoms with E-state index < -0.39 is 6.04 Å². The Labute approximate surface area is 213 Å². The summed E-state index contributed by atoms with van der Waals surface area (Å²) in [6, 6.07) is 9.84. The molecular weight excluding hydrogens is 510 g/mol. The lowest BCUT2D eigenvalue weighted by Gasteiger charge is -2.31. The largest absolute Gasteiger partial charge is 0.354 e. The number of halogens is 4. The summed E-state index contributed by atoms with van der Waals surface area (Å²) in [4.78, 5) is 27.6. The smallest absolute Gasteiger partial charge is 0.242 e. The molecule has 0 aliphatic carbocycles. The fourth-order valence-corrected chi connectivity index (χ4v) is 5.23. The highest BCUT2D eigenvalue weighted by Crippen LogP contribution is 2.29. The van der Waals surface area contributed by atoms with Gasteiger partial charge in [-0.1, -0.05) is 72.4 Å². The van der Waals surface area contributed by atoms with Crippen LogP contribution in [-0.2, 0) is 21.9 Å². The summed E-state index contributed by atoms with van der Waals surface area (Å²) in [6.07, 6.45) is 1.29. The van der Waals surface area contributed by atoms with Crippen LogP contribution in [0.2, 0.25) is 20.1 Å². The fraction of sp³-hybridized carbons (Fsp3) is 0.391. The van der Waals surface area contributed by atoms with Crippen LogP contribution in [0.4, 0.5) is 0 Å². The van der Waals surface area contributed by atoms with Crippen LogP contribution in [0.25, 0.3) is 0 Å². The van der Waals surface area contributed by atoms with Crippen molar-refractivity contribution in [3.63, 3.8) is 0 Å². The minimum absolute atomic E-state index is 0.164. The Morgan fingerprint density at radius 1 is 1.03 bits per heavy atom. The van der Waals surface area contributed by atoms with E-state index in [0.717, 1.165) is 17.5 Å². The van der Waals surface area contributed by atoms with Crippen molar-refractivity contribution in [3.8, 4) is 0 Å². The predicted molar refractivity (Wildman–Crippen MR) is 137 cm³/mol. The zero-order valence-electron chi connectivity index (χ0n) is 18.0. The number of carbonyl (C=O) groups excluding carboxylic acids is 2. The van der Waals surface area contributed by atoms with Gasteiger partial charge in [-0.25, -0.2) is 0 Å². The number of hydrogen-bond donors (Lipinski definition) is 1. The molecule has 0 heterocycles. The summed E-state index contributed by atoms with van der Waals surface area (Å²) in [5.74, 6) is 0.317. The highest BCUT2D eigenvalue weighted by atomic mass is 35.5. The van der Waals surface area contributed by atoms with Crippen molar-refractivity contribution < 1.29 is 9.59 Å². The van der Waals surface area contributed by atoms with E-state index in [1.165, 1.54) is 11.8 Å². The quantitative estimate of drug-likeness (QED) is 0.341. The number of thioether (sulfide) groups is 1. The Balaban J connectivity index is 2.19. The van der Waals surface area contributed by atoms with E-state index in [1.807, 2.05) is 13.8 Å².